The van der Waals surface area contributed by atoms with Crippen molar-refractivity contribution < 1.29 is 4.74 Å². The molecule has 0 bridgehead atoms. The molecule has 0 aliphatic rings. The maximum absolute atomic E-state index is 5.66. The van der Waals surface area contributed by atoms with Crippen LogP contribution in [0.4, 0.5) is 0 Å². The quantitative estimate of drug-likeness (QED) is 0.696. The van der Waals surface area contributed by atoms with Crippen LogP contribution in [0, 0.1) is 0 Å². The minimum Gasteiger partial charge on any atom is -0.489 e. The van der Waals surface area contributed by atoms with E-state index in [-0.39, 0.29) is 0 Å². The molecule has 1 N–H and O–H groups in total. The zero-order valence-corrected chi connectivity index (χ0v) is 11.0. The fraction of sp³-hybridized carbons (Fsp3) is 0.467. The largest absolute Gasteiger partial charge is 0.489 e. The van der Waals surface area contributed by atoms with Crippen molar-refractivity contribution in [3.63, 3.8) is 0 Å². The number of nitrogens with one attached hydrogen (secondary N) is 1. The first-order valence-corrected chi connectivity index (χ1v) is 6.35. The second kappa shape index (κ2) is 7.91. The van der Waals surface area contributed by atoms with Gasteiger partial charge in [0.25, 0.3) is 0 Å². The molecule has 17 heavy (non-hydrogen) atoms. The van der Waals surface area contributed by atoms with Gasteiger partial charge in [0.1, 0.15) is 12.4 Å². The van der Waals surface area contributed by atoms with Crippen molar-refractivity contribution in [3.8, 4) is 5.75 Å². The molecule has 0 saturated carbocycles. The summed E-state index contributed by atoms with van der Waals surface area (Å²) in [5, 5.41) is 3.23. The molecule has 2 nitrogen and oxygen atoms in total. The van der Waals surface area contributed by atoms with E-state index >= 15 is 0 Å². The van der Waals surface area contributed by atoms with Crippen LogP contribution < -0.4 is 10.1 Å². The highest BCUT2D eigenvalue weighted by molar-refractivity contribution is 5.27. The number of hydrogen-bond donors (Lipinski definition) is 1. The number of rotatable bonds is 8. The summed E-state index contributed by atoms with van der Waals surface area (Å²) in [6.45, 7) is 10.6. The van der Waals surface area contributed by atoms with Crippen LogP contribution in [-0.2, 0) is 6.42 Å². The summed E-state index contributed by atoms with van der Waals surface area (Å²) in [7, 11) is 0. The molecule has 0 fully saturated rings. The predicted molar refractivity (Wildman–Crippen MR) is 73.6 cm³/mol. The number of ether oxygens (including phenoxy) is 1. The minimum absolute atomic E-state index is 0.583. The maximum atomic E-state index is 5.66. The topological polar surface area (TPSA) is 21.3 Å². The number of aryl methyl sites for hydroxylation is 1. The van der Waals surface area contributed by atoms with E-state index in [1.807, 2.05) is 12.1 Å². The lowest BCUT2D eigenvalue weighted by molar-refractivity contribution is 0.348. The van der Waals surface area contributed by atoms with E-state index in [0.717, 1.165) is 30.8 Å². The molecule has 0 aliphatic carbocycles. The first-order valence-electron chi connectivity index (χ1n) is 6.35. The van der Waals surface area contributed by atoms with E-state index < -0.39 is 0 Å². The molecule has 0 amide bonds. The van der Waals surface area contributed by atoms with Gasteiger partial charge in [-0.25, -0.2) is 0 Å². The normalized spacial score (nSPS) is 10.2. The highest BCUT2D eigenvalue weighted by atomic mass is 16.5. The smallest absolute Gasteiger partial charge is 0.119 e. The van der Waals surface area contributed by atoms with Gasteiger partial charge in [-0.1, -0.05) is 39.0 Å². The SMILES string of the molecule is C=C(CNCC)COc1ccc(CCC)cc1. The maximum Gasteiger partial charge on any atom is 0.119 e. The van der Waals surface area contributed by atoms with Gasteiger partial charge in [-0.2, -0.15) is 0 Å². The van der Waals surface area contributed by atoms with Gasteiger partial charge >= 0.3 is 0 Å². The van der Waals surface area contributed by atoms with Crippen molar-refractivity contribution in [1.29, 1.82) is 0 Å². The first-order chi connectivity index (χ1) is 8.26. The lowest BCUT2D eigenvalue weighted by Crippen LogP contribution is -2.18. The average Bonchev–Trinajstić information content (AvgIpc) is 2.36. The summed E-state index contributed by atoms with van der Waals surface area (Å²) in [6, 6.07) is 8.33. The molecule has 0 aromatic heterocycles. The summed E-state index contributed by atoms with van der Waals surface area (Å²) in [6.07, 6.45) is 2.31. The summed E-state index contributed by atoms with van der Waals surface area (Å²) < 4.78 is 5.66. The predicted octanol–water partition coefficient (Wildman–Crippen LogP) is 3.18. The Bertz CT molecular complexity index is 329. The van der Waals surface area contributed by atoms with Crippen LogP contribution in [0.15, 0.2) is 36.4 Å². The second-order valence-corrected chi connectivity index (χ2v) is 4.21. The average molecular weight is 233 g/mol. The van der Waals surface area contributed by atoms with E-state index in [2.05, 4.69) is 37.9 Å². The molecule has 0 heterocycles. The molecule has 0 aliphatic heterocycles. The van der Waals surface area contributed by atoms with E-state index in [4.69, 9.17) is 4.74 Å². The zero-order valence-electron chi connectivity index (χ0n) is 11.0. The molecular weight excluding hydrogens is 210 g/mol. The monoisotopic (exact) mass is 233 g/mol. The number of hydrogen-bond acceptors (Lipinski definition) is 2. The van der Waals surface area contributed by atoms with Crippen LogP contribution in [0.1, 0.15) is 25.8 Å². The highest BCUT2D eigenvalue weighted by Gasteiger charge is 1.97. The Balaban J connectivity index is 2.34. The molecule has 0 radical (unpaired) electrons. The van der Waals surface area contributed by atoms with Gasteiger partial charge in [0, 0.05) is 6.54 Å². The summed E-state index contributed by atoms with van der Waals surface area (Å²) in [4.78, 5) is 0. The standard InChI is InChI=1S/C15H23NO/c1-4-6-14-7-9-15(10-8-14)17-12-13(3)11-16-5-2/h7-10,16H,3-6,11-12H2,1-2H3. The van der Waals surface area contributed by atoms with E-state index in [9.17, 15) is 0 Å². The fourth-order valence-corrected chi connectivity index (χ4v) is 1.58. The molecule has 0 saturated heterocycles. The summed E-state index contributed by atoms with van der Waals surface area (Å²) in [5.74, 6) is 0.919. The van der Waals surface area contributed by atoms with Crippen LogP contribution >= 0.6 is 0 Å². The zero-order chi connectivity index (χ0) is 12.5. The van der Waals surface area contributed by atoms with Gasteiger partial charge < -0.3 is 10.1 Å². The Morgan fingerprint density at radius 2 is 1.94 bits per heavy atom. The third-order valence-corrected chi connectivity index (χ3v) is 2.53. The first kappa shape index (κ1) is 13.8. The van der Waals surface area contributed by atoms with Crippen molar-refractivity contribution in [1.82, 2.24) is 5.32 Å². The minimum atomic E-state index is 0.583. The lowest BCUT2D eigenvalue weighted by Gasteiger charge is -2.09. The van der Waals surface area contributed by atoms with Crippen LogP contribution in [0.2, 0.25) is 0 Å². The molecule has 0 spiro atoms. The van der Waals surface area contributed by atoms with E-state index in [1.54, 1.807) is 0 Å². The Labute approximate surface area is 105 Å². The molecule has 2 heteroatoms. The van der Waals surface area contributed by atoms with E-state index in [1.165, 1.54) is 12.0 Å². The Morgan fingerprint density at radius 1 is 1.24 bits per heavy atom. The Kier molecular flexibility index (Phi) is 6.41. The molecule has 1 rings (SSSR count). The van der Waals surface area contributed by atoms with Gasteiger partial charge in [-0.05, 0) is 36.2 Å². The van der Waals surface area contributed by atoms with Crippen LogP contribution in [0.3, 0.4) is 0 Å². The molecule has 0 unspecified atom stereocenters. The van der Waals surface area contributed by atoms with Gasteiger partial charge in [0.05, 0.1) is 0 Å². The van der Waals surface area contributed by atoms with Gasteiger partial charge in [0.15, 0.2) is 0 Å². The van der Waals surface area contributed by atoms with Crippen molar-refractivity contribution in [3.05, 3.63) is 42.0 Å². The van der Waals surface area contributed by atoms with Gasteiger partial charge in [-0.3, -0.25) is 0 Å². The molecule has 0 atom stereocenters. The van der Waals surface area contributed by atoms with Crippen LogP contribution in [-0.4, -0.2) is 19.7 Å². The van der Waals surface area contributed by atoms with Crippen LogP contribution in [0.25, 0.3) is 0 Å². The lowest BCUT2D eigenvalue weighted by atomic mass is 10.1. The van der Waals surface area contributed by atoms with Crippen molar-refractivity contribution in [2.75, 3.05) is 19.7 Å². The molecular formula is C15H23NO. The van der Waals surface area contributed by atoms with Crippen molar-refractivity contribution >= 4 is 0 Å². The third-order valence-electron chi connectivity index (χ3n) is 2.53. The molecule has 1 aromatic rings. The fourth-order valence-electron chi connectivity index (χ4n) is 1.58. The summed E-state index contributed by atoms with van der Waals surface area (Å²) in [5.41, 5.74) is 2.44. The molecule has 94 valence electrons. The van der Waals surface area contributed by atoms with Crippen molar-refractivity contribution in [2.24, 2.45) is 0 Å². The van der Waals surface area contributed by atoms with E-state index in [0.29, 0.717) is 6.61 Å². The second-order valence-electron chi connectivity index (χ2n) is 4.21. The van der Waals surface area contributed by atoms with Crippen LogP contribution in [0.5, 0.6) is 5.75 Å². The van der Waals surface area contributed by atoms with Crippen molar-refractivity contribution in [2.45, 2.75) is 26.7 Å². The molecule has 1 aromatic carbocycles. The highest BCUT2D eigenvalue weighted by Crippen LogP contribution is 2.13. The number of likely N-dealkylation sites (N-methyl/N-ethyl adjacent to an activating group) is 1. The Hall–Kier alpha value is -1.28. The Morgan fingerprint density at radius 3 is 2.53 bits per heavy atom. The van der Waals surface area contributed by atoms with Gasteiger partial charge in [-0.15, -0.1) is 0 Å². The number of benzene rings is 1. The summed E-state index contributed by atoms with van der Waals surface area (Å²) >= 11 is 0. The van der Waals surface area contributed by atoms with Gasteiger partial charge in [0.2, 0.25) is 0 Å². The third kappa shape index (κ3) is 5.55.